The van der Waals surface area contributed by atoms with E-state index in [1.165, 1.54) is 36.0 Å². The van der Waals surface area contributed by atoms with Gasteiger partial charge in [-0.15, -0.1) is 0 Å². The first kappa shape index (κ1) is 16.9. The Labute approximate surface area is 143 Å². The van der Waals surface area contributed by atoms with Crippen LogP contribution >= 0.6 is 0 Å². The van der Waals surface area contributed by atoms with Gasteiger partial charge in [0.2, 0.25) is 5.91 Å². The predicted molar refractivity (Wildman–Crippen MR) is 86.9 cm³/mol. The third kappa shape index (κ3) is 3.04. The minimum absolute atomic E-state index is 0.100. The molecule has 4 amide bonds. The normalized spacial score (nSPS) is 17.7. The van der Waals surface area contributed by atoms with E-state index in [0.717, 1.165) is 4.90 Å². The van der Waals surface area contributed by atoms with Crippen molar-refractivity contribution in [1.29, 1.82) is 0 Å². The predicted octanol–water partition coefficient (Wildman–Crippen LogP) is 0.943. The van der Waals surface area contributed by atoms with E-state index in [9.17, 15) is 18.8 Å². The van der Waals surface area contributed by atoms with Crippen LogP contribution in [0, 0.1) is 5.82 Å². The SMILES string of the molecule is CN(Cc1nc2ccc(F)cc2[nH]1)C(=O)CC1C(=O)N(C)C(=O)N1C. The number of aromatic amines is 1. The number of imidazole rings is 1. The number of nitrogens with one attached hydrogen (secondary N) is 1. The van der Waals surface area contributed by atoms with Crippen LogP contribution in [0.5, 0.6) is 0 Å². The summed E-state index contributed by atoms with van der Waals surface area (Å²) >= 11 is 0. The summed E-state index contributed by atoms with van der Waals surface area (Å²) < 4.78 is 13.2. The standard InChI is InChI=1S/C16H18FN5O3/c1-20(8-13-18-10-5-4-9(17)6-11(10)19-13)14(23)7-12-15(24)22(3)16(25)21(12)2/h4-6,12H,7-8H2,1-3H3,(H,18,19). The zero-order valence-corrected chi connectivity index (χ0v) is 14.1. The van der Waals surface area contributed by atoms with Crippen LogP contribution in [0.25, 0.3) is 11.0 Å². The molecule has 0 bridgehead atoms. The topological polar surface area (TPSA) is 89.6 Å². The Hall–Kier alpha value is -2.97. The van der Waals surface area contributed by atoms with Gasteiger partial charge in [-0.25, -0.2) is 14.2 Å². The number of H-pyrrole nitrogens is 1. The van der Waals surface area contributed by atoms with Crippen LogP contribution < -0.4 is 0 Å². The molecule has 1 unspecified atom stereocenters. The summed E-state index contributed by atoms with van der Waals surface area (Å²) in [6.45, 7) is 0.184. The number of carbonyl (C=O) groups excluding carboxylic acids is 3. The van der Waals surface area contributed by atoms with Crippen molar-refractivity contribution >= 4 is 28.9 Å². The molecule has 1 aliphatic heterocycles. The molecule has 1 fully saturated rings. The fourth-order valence-electron chi connectivity index (χ4n) is 2.82. The van der Waals surface area contributed by atoms with Gasteiger partial charge in [0, 0.05) is 21.1 Å². The molecule has 3 rings (SSSR count). The van der Waals surface area contributed by atoms with Crippen molar-refractivity contribution in [2.75, 3.05) is 21.1 Å². The van der Waals surface area contributed by atoms with Gasteiger partial charge in [-0.3, -0.25) is 14.5 Å². The molecule has 0 saturated carbocycles. The highest BCUT2D eigenvalue weighted by molar-refractivity contribution is 6.05. The highest BCUT2D eigenvalue weighted by Crippen LogP contribution is 2.18. The van der Waals surface area contributed by atoms with Gasteiger partial charge in [0.1, 0.15) is 17.7 Å². The van der Waals surface area contributed by atoms with Crippen LogP contribution in [0.2, 0.25) is 0 Å². The molecular weight excluding hydrogens is 329 g/mol. The molecule has 2 heterocycles. The van der Waals surface area contributed by atoms with Gasteiger partial charge in [-0.05, 0) is 18.2 Å². The smallest absolute Gasteiger partial charge is 0.326 e. The molecule has 132 valence electrons. The number of amides is 4. The van der Waals surface area contributed by atoms with E-state index in [1.807, 2.05) is 0 Å². The van der Waals surface area contributed by atoms with E-state index in [1.54, 1.807) is 13.1 Å². The Morgan fingerprint density at radius 3 is 2.72 bits per heavy atom. The third-order valence-corrected chi connectivity index (χ3v) is 4.35. The molecule has 25 heavy (non-hydrogen) atoms. The average Bonchev–Trinajstić information content (AvgIpc) is 3.04. The number of carbonyl (C=O) groups is 3. The van der Waals surface area contributed by atoms with Crippen LogP contribution in [0.4, 0.5) is 9.18 Å². The molecule has 0 radical (unpaired) electrons. The number of hydrogen-bond donors (Lipinski definition) is 1. The van der Waals surface area contributed by atoms with Crippen LogP contribution in [0.15, 0.2) is 18.2 Å². The van der Waals surface area contributed by atoms with Crippen molar-refractivity contribution in [2.24, 2.45) is 0 Å². The molecule has 0 spiro atoms. The highest BCUT2D eigenvalue weighted by atomic mass is 19.1. The molecule has 0 aliphatic carbocycles. The minimum atomic E-state index is -0.794. The Bertz CT molecular complexity index is 865. The lowest BCUT2D eigenvalue weighted by Gasteiger charge is -2.20. The Morgan fingerprint density at radius 2 is 2.08 bits per heavy atom. The Kier molecular flexibility index (Phi) is 4.15. The lowest BCUT2D eigenvalue weighted by molar-refractivity contribution is -0.135. The van der Waals surface area contributed by atoms with E-state index in [2.05, 4.69) is 9.97 Å². The van der Waals surface area contributed by atoms with Crippen LogP contribution in [-0.4, -0.2) is 69.7 Å². The van der Waals surface area contributed by atoms with E-state index in [0.29, 0.717) is 16.9 Å². The first-order valence-corrected chi connectivity index (χ1v) is 7.70. The largest absolute Gasteiger partial charge is 0.340 e. The molecule has 9 heteroatoms. The second kappa shape index (κ2) is 6.15. The van der Waals surface area contributed by atoms with Gasteiger partial charge >= 0.3 is 6.03 Å². The first-order chi connectivity index (χ1) is 11.8. The number of aromatic nitrogens is 2. The van der Waals surface area contributed by atoms with Crippen molar-refractivity contribution in [3.63, 3.8) is 0 Å². The second-order valence-corrected chi connectivity index (χ2v) is 6.11. The number of rotatable bonds is 4. The van der Waals surface area contributed by atoms with Gasteiger partial charge in [-0.2, -0.15) is 0 Å². The molecule has 1 aliphatic rings. The molecule has 1 atom stereocenters. The van der Waals surface area contributed by atoms with E-state index in [4.69, 9.17) is 0 Å². The molecule has 8 nitrogen and oxygen atoms in total. The van der Waals surface area contributed by atoms with Gasteiger partial charge in [0.05, 0.1) is 24.0 Å². The van der Waals surface area contributed by atoms with Crippen molar-refractivity contribution in [3.8, 4) is 0 Å². The molecule has 1 aromatic heterocycles. The minimum Gasteiger partial charge on any atom is -0.340 e. The van der Waals surface area contributed by atoms with Crippen LogP contribution in [-0.2, 0) is 16.1 Å². The third-order valence-electron chi connectivity index (χ3n) is 4.35. The van der Waals surface area contributed by atoms with Gasteiger partial charge in [0.25, 0.3) is 5.91 Å². The summed E-state index contributed by atoms with van der Waals surface area (Å²) in [4.78, 5) is 47.1. The summed E-state index contributed by atoms with van der Waals surface area (Å²) in [7, 11) is 4.47. The van der Waals surface area contributed by atoms with E-state index >= 15 is 0 Å². The number of hydrogen-bond acceptors (Lipinski definition) is 4. The monoisotopic (exact) mass is 347 g/mol. The number of urea groups is 1. The molecule has 1 saturated heterocycles. The number of benzene rings is 1. The first-order valence-electron chi connectivity index (χ1n) is 7.70. The zero-order chi connectivity index (χ0) is 18.3. The van der Waals surface area contributed by atoms with Crippen LogP contribution in [0.3, 0.4) is 0 Å². The zero-order valence-electron chi connectivity index (χ0n) is 14.1. The summed E-state index contributed by atoms with van der Waals surface area (Å²) in [6, 6.07) is 2.99. The fourth-order valence-corrected chi connectivity index (χ4v) is 2.82. The number of nitrogens with zero attached hydrogens (tertiary/aromatic N) is 4. The maximum Gasteiger partial charge on any atom is 0.326 e. The molecule has 1 aromatic carbocycles. The van der Waals surface area contributed by atoms with E-state index in [-0.39, 0.29) is 24.7 Å². The number of fused-ring (bicyclic) bond motifs is 1. The summed E-state index contributed by atoms with van der Waals surface area (Å²) in [5.74, 6) is -0.548. The Morgan fingerprint density at radius 1 is 1.36 bits per heavy atom. The molecule has 1 N–H and O–H groups in total. The van der Waals surface area contributed by atoms with Crippen molar-refractivity contribution < 1.29 is 18.8 Å². The van der Waals surface area contributed by atoms with Gasteiger partial charge < -0.3 is 14.8 Å². The summed E-state index contributed by atoms with van der Waals surface area (Å²) in [5, 5.41) is 0. The maximum absolute atomic E-state index is 13.2. The number of imide groups is 1. The average molecular weight is 347 g/mol. The second-order valence-electron chi connectivity index (χ2n) is 6.11. The number of likely N-dealkylation sites (N-methyl/N-ethyl adjacent to an activating group) is 2. The maximum atomic E-state index is 13.2. The Balaban J connectivity index is 1.68. The lowest BCUT2D eigenvalue weighted by atomic mass is 10.1. The van der Waals surface area contributed by atoms with Crippen molar-refractivity contribution in [1.82, 2.24) is 24.7 Å². The van der Waals surface area contributed by atoms with Crippen molar-refractivity contribution in [3.05, 3.63) is 29.8 Å². The van der Waals surface area contributed by atoms with E-state index < -0.39 is 18.0 Å². The fraction of sp³-hybridized carbons (Fsp3) is 0.375. The van der Waals surface area contributed by atoms with Crippen molar-refractivity contribution in [2.45, 2.75) is 19.0 Å². The molecule has 2 aromatic rings. The van der Waals surface area contributed by atoms with Crippen LogP contribution in [0.1, 0.15) is 12.2 Å². The summed E-state index contributed by atoms with van der Waals surface area (Å²) in [6.07, 6.45) is -0.100. The van der Waals surface area contributed by atoms with Gasteiger partial charge in [0.15, 0.2) is 0 Å². The summed E-state index contributed by atoms with van der Waals surface area (Å²) in [5.41, 5.74) is 1.16. The number of halogens is 1. The molecular formula is C16H18FN5O3. The van der Waals surface area contributed by atoms with Gasteiger partial charge in [-0.1, -0.05) is 0 Å². The highest BCUT2D eigenvalue weighted by Gasteiger charge is 2.42. The quantitative estimate of drug-likeness (QED) is 0.834. The lowest BCUT2D eigenvalue weighted by Crippen LogP contribution is -2.38.